The molecule has 0 aromatic carbocycles. The minimum atomic E-state index is -3.00. The van der Waals surface area contributed by atoms with Crippen molar-refractivity contribution >= 4 is 49.1 Å². The van der Waals surface area contributed by atoms with E-state index in [4.69, 9.17) is 0 Å². The molecule has 9 heteroatoms. The predicted octanol–water partition coefficient (Wildman–Crippen LogP) is 2.62. The van der Waals surface area contributed by atoms with Gasteiger partial charge in [-0.15, -0.1) is 11.3 Å². The highest BCUT2D eigenvalue weighted by Crippen LogP contribution is 2.39. The molecule has 1 amide bonds. The van der Waals surface area contributed by atoms with Crippen molar-refractivity contribution in [1.82, 2.24) is 14.9 Å². The van der Waals surface area contributed by atoms with Crippen LogP contribution in [-0.4, -0.2) is 59.5 Å². The molecule has 3 heterocycles. The summed E-state index contributed by atoms with van der Waals surface area (Å²) in [4.78, 5) is 25.9. The van der Waals surface area contributed by atoms with Gasteiger partial charge in [0.05, 0.1) is 17.3 Å². The lowest BCUT2D eigenvalue weighted by molar-refractivity contribution is -0.128. The molecular weight excluding hydrogens is 402 g/mol. The van der Waals surface area contributed by atoms with Crippen molar-refractivity contribution in [2.24, 2.45) is 0 Å². The second-order valence-electron chi connectivity index (χ2n) is 7.32. The third-order valence-corrected chi connectivity index (χ3v) is 9.27. The number of aryl methyl sites for hydroxylation is 3. The van der Waals surface area contributed by atoms with Gasteiger partial charge in [-0.05, 0) is 44.6 Å². The van der Waals surface area contributed by atoms with Crippen LogP contribution in [0.4, 0.5) is 0 Å². The number of carbonyl (C=O) groups excluding carboxylic acids is 1. The summed E-state index contributed by atoms with van der Waals surface area (Å²) in [5, 5.41) is 2.02. The average molecular weight is 426 g/mol. The zero-order chi connectivity index (χ0) is 19.2. The Morgan fingerprint density at radius 2 is 2.07 bits per heavy atom. The Kier molecular flexibility index (Phi) is 5.20. The largest absolute Gasteiger partial charge is 0.341 e. The van der Waals surface area contributed by atoms with E-state index < -0.39 is 9.84 Å². The van der Waals surface area contributed by atoms with Gasteiger partial charge in [0.2, 0.25) is 5.91 Å². The first-order chi connectivity index (χ1) is 12.8. The van der Waals surface area contributed by atoms with Crippen molar-refractivity contribution in [2.75, 3.05) is 24.3 Å². The lowest BCUT2D eigenvalue weighted by Crippen LogP contribution is -2.38. The van der Waals surface area contributed by atoms with Crippen LogP contribution in [0.3, 0.4) is 0 Å². The molecule has 2 aromatic rings. The van der Waals surface area contributed by atoms with E-state index in [1.54, 1.807) is 23.3 Å². The molecule has 1 aliphatic carbocycles. The van der Waals surface area contributed by atoms with Crippen LogP contribution in [0.25, 0.3) is 10.2 Å². The van der Waals surface area contributed by atoms with Crippen LogP contribution in [0.1, 0.15) is 35.5 Å². The van der Waals surface area contributed by atoms with E-state index in [1.165, 1.54) is 35.0 Å². The quantitative estimate of drug-likeness (QED) is 0.553. The first-order valence-corrected chi connectivity index (χ1v) is 12.8. The Balaban J connectivity index is 1.53. The van der Waals surface area contributed by atoms with Gasteiger partial charge in [-0.1, -0.05) is 11.8 Å². The van der Waals surface area contributed by atoms with E-state index in [2.05, 4.69) is 9.97 Å². The second kappa shape index (κ2) is 7.33. The summed E-state index contributed by atoms with van der Waals surface area (Å²) < 4.78 is 23.4. The number of sulfone groups is 1. The second-order valence-corrected chi connectivity index (χ2v) is 11.6. The molecule has 4 rings (SSSR count). The molecule has 1 aliphatic heterocycles. The van der Waals surface area contributed by atoms with Crippen LogP contribution in [0.2, 0.25) is 0 Å². The Morgan fingerprint density at radius 1 is 1.30 bits per heavy atom. The molecule has 2 aromatic heterocycles. The third-order valence-electron chi connectivity index (χ3n) is 5.38. The van der Waals surface area contributed by atoms with Gasteiger partial charge in [-0.25, -0.2) is 18.4 Å². The minimum absolute atomic E-state index is 0.0457. The lowest BCUT2D eigenvalue weighted by atomic mass is 9.97. The molecule has 1 fully saturated rings. The molecule has 2 aliphatic rings. The summed E-state index contributed by atoms with van der Waals surface area (Å²) in [6.45, 7) is 1.89. The molecule has 27 heavy (non-hydrogen) atoms. The average Bonchev–Trinajstić information content (AvgIpc) is 3.17. The van der Waals surface area contributed by atoms with Crippen molar-refractivity contribution in [3.63, 3.8) is 0 Å². The molecule has 0 bridgehead atoms. The highest BCUT2D eigenvalue weighted by atomic mass is 32.2. The highest BCUT2D eigenvalue weighted by Gasteiger charge is 2.32. The number of nitrogens with zero attached hydrogens (tertiary/aromatic N) is 3. The molecule has 0 saturated carbocycles. The smallest absolute Gasteiger partial charge is 0.233 e. The summed E-state index contributed by atoms with van der Waals surface area (Å²) in [5.74, 6) is 1.20. The Hall–Kier alpha value is -1.19. The van der Waals surface area contributed by atoms with Crippen molar-refractivity contribution in [2.45, 2.75) is 50.1 Å². The van der Waals surface area contributed by atoms with Crippen LogP contribution in [0, 0.1) is 6.92 Å². The van der Waals surface area contributed by atoms with Gasteiger partial charge in [0.25, 0.3) is 0 Å². The van der Waals surface area contributed by atoms with Crippen molar-refractivity contribution in [3.05, 3.63) is 16.3 Å². The Bertz CT molecular complexity index is 1000. The Morgan fingerprint density at radius 3 is 2.81 bits per heavy atom. The molecule has 0 unspecified atom stereocenters. The molecule has 1 saturated heterocycles. The van der Waals surface area contributed by atoms with Crippen LogP contribution >= 0.6 is 23.1 Å². The maximum Gasteiger partial charge on any atom is 0.233 e. The third kappa shape index (κ3) is 3.86. The molecule has 0 N–H and O–H groups in total. The molecule has 0 spiro atoms. The van der Waals surface area contributed by atoms with Crippen LogP contribution in [0.15, 0.2) is 5.03 Å². The van der Waals surface area contributed by atoms with Gasteiger partial charge in [-0.3, -0.25) is 4.79 Å². The Labute approximate surface area is 167 Å². The lowest BCUT2D eigenvalue weighted by Gasteiger charge is -2.23. The number of amides is 1. The van der Waals surface area contributed by atoms with Gasteiger partial charge in [0, 0.05) is 23.4 Å². The zero-order valence-electron chi connectivity index (χ0n) is 15.5. The van der Waals surface area contributed by atoms with Crippen LogP contribution < -0.4 is 0 Å². The number of carbonyl (C=O) groups is 1. The van der Waals surface area contributed by atoms with Gasteiger partial charge in [0.1, 0.15) is 15.7 Å². The normalized spacial score (nSPS) is 21.3. The van der Waals surface area contributed by atoms with E-state index in [0.717, 1.165) is 33.9 Å². The fourth-order valence-corrected chi connectivity index (χ4v) is 8.02. The standard InChI is InChI=1S/C18H23N3O3S3/c1-11-19-17(16-13-5-3-4-6-14(13)26-18(16)20-11)25-9-15(22)21(2)12-7-8-27(23,24)10-12/h12H,3-10H2,1-2H3/t12-/m1/s1. The maximum atomic E-state index is 12.6. The number of hydrogen-bond acceptors (Lipinski definition) is 7. The maximum absolute atomic E-state index is 12.6. The van der Waals surface area contributed by atoms with Gasteiger partial charge >= 0.3 is 0 Å². The molecular formula is C18H23N3O3S3. The first-order valence-electron chi connectivity index (χ1n) is 9.22. The molecule has 0 radical (unpaired) electrons. The first kappa shape index (κ1) is 19.1. The fraction of sp³-hybridized carbons (Fsp3) is 0.611. The number of thiophene rings is 1. The molecule has 1 atom stereocenters. The molecule has 146 valence electrons. The van der Waals surface area contributed by atoms with E-state index >= 15 is 0 Å². The topological polar surface area (TPSA) is 80.2 Å². The number of aromatic nitrogens is 2. The summed E-state index contributed by atoms with van der Waals surface area (Å²) in [7, 11) is -1.29. The summed E-state index contributed by atoms with van der Waals surface area (Å²) in [6.07, 6.45) is 5.11. The number of fused-ring (bicyclic) bond motifs is 3. The van der Waals surface area contributed by atoms with Gasteiger partial charge in [0.15, 0.2) is 9.84 Å². The van der Waals surface area contributed by atoms with E-state index in [9.17, 15) is 13.2 Å². The molecule has 6 nitrogen and oxygen atoms in total. The number of rotatable bonds is 4. The monoisotopic (exact) mass is 425 g/mol. The summed E-state index contributed by atoms with van der Waals surface area (Å²) in [6, 6.07) is -0.204. The van der Waals surface area contributed by atoms with Crippen molar-refractivity contribution < 1.29 is 13.2 Å². The van der Waals surface area contributed by atoms with E-state index in [0.29, 0.717) is 6.42 Å². The summed E-state index contributed by atoms with van der Waals surface area (Å²) in [5.41, 5.74) is 1.37. The van der Waals surface area contributed by atoms with Gasteiger partial charge in [-0.2, -0.15) is 0 Å². The zero-order valence-corrected chi connectivity index (χ0v) is 18.0. The van der Waals surface area contributed by atoms with Crippen molar-refractivity contribution in [3.8, 4) is 0 Å². The van der Waals surface area contributed by atoms with Crippen LogP contribution in [-0.2, 0) is 27.5 Å². The fourth-order valence-electron chi connectivity index (χ4n) is 3.85. The highest BCUT2D eigenvalue weighted by molar-refractivity contribution is 8.00. The van der Waals surface area contributed by atoms with Crippen molar-refractivity contribution in [1.29, 1.82) is 0 Å². The summed E-state index contributed by atoms with van der Waals surface area (Å²) >= 11 is 3.21. The van der Waals surface area contributed by atoms with Gasteiger partial charge < -0.3 is 4.90 Å². The van der Waals surface area contributed by atoms with E-state index in [-0.39, 0.29) is 29.2 Å². The predicted molar refractivity (Wildman–Crippen MR) is 109 cm³/mol. The number of thioether (sulfide) groups is 1. The SMILES string of the molecule is Cc1nc(SCC(=O)N(C)[C@@H]2CCS(=O)(=O)C2)c2c3c(sc2n1)CCCC3. The van der Waals surface area contributed by atoms with Crippen LogP contribution in [0.5, 0.6) is 0 Å². The number of hydrogen-bond donors (Lipinski definition) is 0. The minimum Gasteiger partial charge on any atom is -0.341 e. The van der Waals surface area contributed by atoms with E-state index in [1.807, 2.05) is 6.92 Å².